The second-order valence-corrected chi connectivity index (χ2v) is 8.27. The van der Waals surface area contributed by atoms with Gasteiger partial charge >= 0.3 is 26.2 Å². The average Bonchev–Trinajstić information content (AvgIpc) is 3.38. The number of hydrogen-bond acceptors (Lipinski definition) is 0. The molecule has 0 saturated heterocycles. The maximum atomic E-state index is 2.28. The van der Waals surface area contributed by atoms with Gasteiger partial charge in [0, 0.05) is 0 Å². The second kappa shape index (κ2) is 13.0. The van der Waals surface area contributed by atoms with Gasteiger partial charge in [0.2, 0.25) is 0 Å². The van der Waals surface area contributed by atoms with Gasteiger partial charge in [-0.2, -0.15) is 0 Å². The Morgan fingerprint density at radius 1 is 0.429 bits per heavy atom. The number of benzene rings is 4. The summed E-state index contributed by atoms with van der Waals surface area (Å²) in [5.41, 5.74) is 8.06. The number of rotatable bonds is 2. The Hall–Kier alpha value is -2.44. The average molecular weight is 573 g/mol. The number of hydrogen-bond donors (Lipinski definition) is 0. The molecule has 6 aromatic rings. The SMILES string of the molecule is Cc1c(-c2ccccc2)[cH-]c2ccccc12.Cc1c(-c2ccccc2)[cH-]c2ccccc12.[Cl-].[Cl-].[Zr+4]. The molecule has 0 aliphatic heterocycles. The van der Waals surface area contributed by atoms with Crippen molar-refractivity contribution in [3.05, 3.63) is 132 Å². The van der Waals surface area contributed by atoms with Crippen LogP contribution in [0.2, 0.25) is 0 Å². The molecule has 0 spiro atoms. The number of halogens is 2. The molecule has 0 atom stereocenters. The van der Waals surface area contributed by atoms with Crippen LogP contribution in [0.25, 0.3) is 43.8 Å². The molecule has 6 aromatic carbocycles. The predicted octanol–water partition coefficient (Wildman–Crippen LogP) is 3.07. The summed E-state index contributed by atoms with van der Waals surface area (Å²) in [7, 11) is 0. The Kier molecular flexibility index (Phi) is 10.7. The van der Waals surface area contributed by atoms with Crippen LogP contribution in [0.5, 0.6) is 0 Å². The fraction of sp³-hybridized carbons (Fsp3) is 0.0625. The molecule has 0 unspecified atom stereocenters. The van der Waals surface area contributed by atoms with E-state index in [0.717, 1.165) is 0 Å². The molecule has 35 heavy (non-hydrogen) atoms. The Labute approximate surface area is 239 Å². The third-order valence-electron chi connectivity index (χ3n) is 6.31. The fourth-order valence-corrected chi connectivity index (χ4v) is 4.58. The van der Waals surface area contributed by atoms with Crippen LogP contribution in [-0.4, -0.2) is 0 Å². The van der Waals surface area contributed by atoms with E-state index in [4.69, 9.17) is 0 Å². The van der Waals surface area contributed by atoms with Gasteiger partial charge in [-0.25, -0.2) is 0 Å². The second-order valence-electron chi connectivity index (χ2n) is 8.27. The van der Waals surface area contributed by atoms with Gasteiger partial charge in [0.15, 0.2) is 0 Å². The van der Waals surface area contributed by atoms with Crippen LogP contribution in [0.4, 0.5) is 0 Å². The molecule has 0 aromatic heterocycles. The van der Waals surface area contributed by atoms with Crippen molar-refractivity contribution in [1.82, 2.24) is 0 Å². The minimum absolute atomic E-state index is 0. The van der Waals surface area contributed by atoms with E-state index in [0.29, 0.717) is 0 Å². The van der Waals surface area contributed by atoms with Crippen LogP contribution in [0.3, 0.4) is 0 Å². The molecule has 0 bridgehead atoms. The summed E-state index contributed by atoms with van der Waals surface area (Å²) in [6, 6.07) is 42.8. The largest absolute Gasteiger partial charge is 4.00 e. The molecule has 0 heterocycles. The van der Waals surface area contributed by atoms with Crippen molar-refractivity contribution < 1.29 is 51.0 Å². The van der Waals surface area contributed by atoms with Crippen LogP contribution in [0.1, 0.15) is 11.1 Å². The van der Waals surface area contributed by atoms with Crippen LogP contribution in [0, 0.1) is 13.8 Å². The first kappa shape index (κ1) is 28.8. The van der Waals surface area contributed by atoms with Gasteiger partial charge in [0.25, 0.3) is 0 Å². The molecule has 0 radical (unpaired) electrons. The summed E-state index contributed by atoms with van der Waals surface area (Å²) in [4.78, 5) is 0. The maximum absolute atomic E-state index is 2.28. The first-order valence-corrected chi connectivity index (χ1v) is 11.1. The van der Waals surface area contributed by atoms with Crippen LogP contribution in [-0.2, 0) is 26.2 Å². The van der Waals surface area contributed by atoms with Crippen LogP contribution < -0.4 is 24.8 Å². The molecule has 6 rings (SSSR count). The van der Waals surface area contributed by atoms with Gasteiger partial charge in [-0.05, 0) is 0 Å². The van der Waals surface area contributed by atoms with E-state index >= 15 is 0 Å². The molecular weight excluding hydrogens is 546 g/mol. The van der Waals surface area contributed by atoms with Gasteiger partial charge < -0.3 is 24.8 Å². The molecule has 0 aliphatic rings. The van der Waals surface area contributed by atoms with Gasteiger partial charge in [0.1, 0.15) is 0 Å². The molecule has 0 N–H and O–H groups in total. The number of aryl methyl sites for hydroxylation is 2. The molecule has 0 amide bonds. The van der Waals surface area contributed by atoms with Crippen molar-refractivity contribution in [2.24, 2.45) is 0 Å². The first-order chi connectivity index (χ1) is 15.7. The molecule has 3 heteroatoms. The van der Waals surface area contributed by atoms with E-state index in [-0.39, 0.29) is 51.0 Å². The van der Waals surface area contributed by atoms with E-state index in [2.05, 4.69) is 135 Å². The van der Waals surface area contributed by atoms with Crippen LogP contribution in [0.15, 0.2) is 121 Å². The Morgan fingerprint density at radius 2 is 0.743 bits per heavy atom. The van der Waals surface area contributed by atoms with Crippen molar-refractivity contribution >= 4 is 21.5 Å². The monoisotopic (exact) mass is 570 g/mol. The zero-order chi connectivity index (χ0) is 21.9. The summed E-state index contributed by atoms with van der Waals surface area (Å²) < 4.78 is 0. The van der Waals surface area contributed by atoms with Crippen molar-refractivity contribution in [3.8, 4) is 22.3 Å². The molecular formula is C32H26Cl2Zr. The van der Waals surface area contributed by atoms with E-state index in [1.165, 1.54) is 54.9 Å². The minimum atomic E-state index is 0. The van der Waals surface area contributed by atoms with Crippen molar-refractivity contribution in [3.63, 3.8) is 0 Å². The summed E-state index contributed by atoms with van der Waals surface area (Å²) >= 11 is 0. The first-order valence-electron chi connectivity index (χ1n) is 11.1. The summed E-state index contributed by atoms with van der Waals surface area (Å²) in [5.74, 6) is 0. The summed E-state index contributed by atoms with van der Waals surface area (Å²) in [5, 5.41) is 5.39. The summed E-state index contributed by atoms with van der Waals surface area (Å²) in [6.07, 6.45) is 0. The smallest absolute Gasteiger partial charge is 1.00 e. The number of fused-ring (bicyclic) bond motifs is 2. The van der Waals surface area contributed by atoms with Gasteiger partial charge in [-0.15, -0.1) is 68.1 Å². The fourth-order valence-electron chi connectivity index (χ4n) is 4.58. The maximum Gasteiger partial charge on any atom is 4.00 e. The topological polar surface area (TPSA) is 0 Å². The predicted molar refractivity (Wildman–Crippen MR) is 139 cm³/mol. The molecule has 0 fully saturated rings. The van der Waals surface area contributed by atoms with Crippen molar-refractivity contribution in [1.29, 1.82) is 0 Å². The van der Waals surface area contributed by atoms with Crippen molar-refractivity contribution in [2.45, 2.75) is 13.8 Å². The zero-order valence-corrected chi connectivity index (χ0v) is 23.8. The normalized spacial score (nSPS) is 9.89. The van der Waals surface area contributed by atoms with Gasteiger partial charge in [-0.1, -0.05) is 122 Å². The van der Waals surface area contributed by atoms with Crippen molar-refractivity contribution in [2.75, 3.05) is 0 Å². The van der Waals surface area contributed by atoms with E-state index in [1.54, 1.807) is 0 Å². The third-order valence-corrected chi connectivity index (χ3v) is 6.31. The molecule has 0 saturated carbocycles. The zero-order valence-electron chi connectivity index (χ0n) is 19.8. The molecule has 172 valence electrons. The minimum Gasteiger partial charge on any atom is -1.00 e. The van der Waals surface area contributed by atoms with Gasteiger partial charge in [-0.3, -0.25) is 0 Å². The van der Waals surface area contributed by atoms with Gasteiger partial charge in [0.05, 0.1) is 0 Å². The molecule has 0 aliphatic carbocycles. The quantitative estimate of drug-likeness (QED) is 0.280. The summed E-state index contributed by atoms with van der Waals surface area (Å²) in [6.45, 7) is 4.40. The Morgan fingerprint density at radius 3 is 1.09 bits per heavy atom. The molecule has 0 nitrogen and oxygen atoms in total. The van der Waals surface area contributed by atoms with E-state index < -0.39 is 0 Å². The van der Waals surface area contributed by atoms with E-state index in [9.17, 15) is 0 Å². The Bertz CT molecular complexity index is 1360. The third kappa shape index (κ3) is 6.04. The van der Waals surface area contributed by atoms with E-state index in [1.807, 2.05) is 0 Å². The van der Waals surface area contributed by atoms with Crippen LogP contribution >= 0.6 is 0 Å². The standard InChI is InChI=1S/2C16H13.2ClH.Zr/c2*1-12-15-10-6-5-9-14(15)11-16(12)13-7-3-2-4-8-13;;;/h2*2-11H,1H3;2*1H;/q2*-1;;;+4/p-2. The Balaban J connectivity index is 0.000000227.